The molecule has 0 atom stereocenters. The van der Waals surface area contributed by atoms with Gasteiger partial charge in [-0.3, -0.25) is 4.79 Å². The number of benzene rings is 2. The summed E-state index contributed by atoms with van der Waals surface area (Å²) in [5.74, 6) is 3.42. The van der Waals surface area contributed by atoms with Crippen molar-refractivity contribution < 1.29 is 14.3 Å². The van der Waals surface area contributed by atoms with Gasteiger partial charge in [0.1, 0.15) is 11.6 Å². The Balaban J connectivity index is 1.14. The van der Waals surface area contributed by atoms with Crippen LogP contribution in [0.25, 0.3) is 11.4 Å². The number of nitrogens with zero attached hydrogens (tertiary/aromatic N) is 1. The molecule has 1 heterocycles. The maximum atomic E-state index is 12.8. The standard InChI is InChI=1S/C31H35N3O3/c1-19-6-7-20(8-9-31-15-21-10-22(16-31)12-23(11-21)17-31)13-26(19)28-32-18-27(33-28)34-29(35)24-4-3-5-25(14-24)30(36)37-2/h3-7,13-14,18,21-23H,8-12,15-17H2,1-2H3,(H,32,33)(H,34,35). The minimum Gasteiger partial charge on any atom is -0.465 e. The number of amides is 1. The second-order valence-corrected chi connectivity index (χ2v) is 11.7. The van der Waals surface area contributed by atoms with Crippen LogP contribution in [-0.2, 0) is 11.2 Å². The highest BCUT2D eigenvalue weighted by Crippen LogP contribution is 2.61. The fourth-order valence-electron chi connectivity index (χ4n) is 7.71. The fraction of sp³-hybridized carbons (Fsp3) is 0.452. The number of rotatable bonds is 7. The molecule has 4 bridgehead atoms. The second kappa shape index (κ2) is 9.47. The zero-order valence-corrected chi connectivity index (χ0v) is 21.7. The second-order valence-electron chi connectivity index (χ2n) is 11.7. The number of esters is 1. The molecule has 4 fully saturated rings. The third-order valence-electron chi connectivity index (χ3n) is 9.04. The van der Waals surface area contributed by atoms with Gasteiger partial charge in [0.15, 0.2) is 0 Å². The number of hydrogen-bond acceptors (Lipinski definition) is 4. The number of carbonyl (C=O) groups excluding carboxylic acids is 2. The van der Waals surface area contributed by atoms with Gasteiger partial charge in [-0.1, -0.05) is 18.2 Å². The molecule has 1 aromatic heterocycles. The highest BCUT2D eigenvalue weighted by Gasteiger charge is 2.50. The lowest BCUT2D eigenvalue weighted by molar-refractivity contribution is -0.0569. The molecule has 1 amide bonds. The van der Waals surface area contributed by atoms with Crippen molar-refractivity contribution in [2.45, 2.75) is 58.3 Å². The molecular weight excluding hydrogens is 462 g/mol. The minimum atomic E-state index is -0.475. The molecule has 2 N–H and O–H groups in total. The van der Waals surface area contributed by atoms with Gasteiger partial charge in [0.2, 0.25) is 0 Å². The number of aryl methyl sites for hydroxylation is 2. The first-order chi connectivity index (χ1) is 17.9. The molecule has 6 nitrogen and oxygen atoms in total. The fourth-order valence-corrected chi connectivity index (χ4v) is 7.71. The molecular formula is C31H35N3O3. The van der Waals surface area contributed by atoms with E-state index in [2.05, 4.69) is 40.4 Å². The van der Waals surface area contributed by atoms with Crippen molar-refractivity contribution in [3.8, 4) is 11.4 Å². The number of imidazole rings is 1. The first-order valence-corrected chi connectivity index (χ1v) is 13.5. The predicted octanol–water partition coefficient (Wildman–Crippen LogP) is 6.57. The molecule has 4 saturated carbocycles. The Kier molecular flexibility index (Phi) is 6.13. The zero-order valence-electron chi connectivity index (χ0n) is 21.7. The van der Waals surface area contributed by atoms with Crippen molar-refractivity contribution in [1.29, 1.82) is 0 Å². The maximum absolute atomic E-state index is 12.8. The Morgan fingerprint density at radius 2 is 1.73 bits per heavy atom. The topological polar surface area (TPSA) is 84.1 Å². The monoisotopic (exact) mass is 497 g/mol. The van der Waals surface area contributed by atoms with Gasteiger partial charge in [-0.15, -0.1) is 0 Å². The van der Waals surface area contributed by atoms with Gasteiger partial charge in [-0.05, 0) is 117 Å². The Labute approximate surface area is 218 Å². The number of ether oxygens (including phenoxy) is 1. The summed E-state index contributed by atoms with van der Waals surface area (Å²) in [6.07, 6.45) is 12.8. The first kappa shape index (κ1) is 24.0. The van der Waals surface area contributed by atoms with E-state index in [1.807, 2.05) is 0 Å². The third-order valence-corrected chi connectivity index (χ3v) is 9.04. The van der Waals surface area contributed by atoms with Crippen LogP contribution in [0.5, 0.6) is 0 Å². The summed E-state index contributed by atoms with van der Waals surface area (Å²) in [5.41, 5.74) is 4.86. The largest absolute Gasteiger partial charge is 0.465 e. The van der Waals surface area contributed by atoms with Crippen molar-refractivity contribution in [1.82, 2.24) is 9.97 Å². The molecule has 4 aliphatic carbocycles. The first-order valence-electron chi connectivity index (χ1n) is 13.5. The van der Waals surface area contributed by atoms with Crippen molar-refractivity contribution in [3.63, 3.8) is 0 Å². The molecule has 4 aliphatic rings. The molecule has 37 heavy (non-hydrogen) atoms. The van der Waals surface area contributed by atoms with Crippen molar-refractivity contribution in [3.05, 3.63) is 70.9 Å². The summed E-state index contributed by atoms with van der Waals surface area (Å²) in [5, 5.41) is 2.86. The van der Waals surface area contributed by atoms with Crippen LogP contribution in [0.3, 0.4) is 0 Å². The van der Waals surface area contributed by atoms with Crippen molar-refractivity contribution >= 4 is 17.7 Å². The lowest BCUT2D eigenvalue weighted by atomic mass is 9.48. The number of aromatic amines is 1. The van der Waals surface area contributed by atoms with Crippen LogP contribution < -0.4 is 5.32 Å². The highest BCUT2D eigenvalue weighted by molar-refractivity contribution is 6.05. The van der Waals surface area contributed by atoms with Gasteiger partial charge < -0.3 is 15.0 Å². The van der Waals surface area contributed by atoms with Gasteiger partial charge in [0.05, 0.1) is 18.9 Å². The van der Waals surface area contributed by atoms with E-state index in [0.717, 1.165) is 41.1 Å². The van der Waals surface area contributed by atoms with Gasteiger partial charge in [-0.25, -0.2) is 9.78 Å². The maximum Gasteiger partial charge on any atom is 0.337 e. The lowest BCUT2D eigenvalue weighted by Gasteiger charge is -2.57. The average molecular weight is 498 g/mol. The van der Waals surface area contributed by atoms with E-state index in [-0.39, 0.29) is 5.91 Å². The zero-order chi connectivity index (χ0) is 25.6. The third kappa shape index (κ3) is 4.81. The summed E-state index contributed by atoms with van der Waals surface area (Å²) < 4.78 is 4.75. The molecule has 0 unspecified atom stereocenters. The Morgan fingerprint density at radius 1 is 1.03 bits per heavy atom. The van der Waals surface area contributed by atoms with E-state index in [1.165, 1.54) is 63.7 Å². The van der Waals surface area contributed by atoms with Crippen LogP contribution in [0.15, 0.2) is 48.7 Å². The minimum absolute atomic E-state index is 0.318. The number of nitrogens with one attached hydrogen (secondary N) is 2. The molecule has 0 aliphatic heterocycles. The normalized spacial score (nSPS) is 25.7. The van der Waals surface area contributed by atoms with E-state index in [0.29, 0.717) is 22.4 Å². The molecule has 0 spiro atoms. The molecule has 0 radical (unpaired) electrons. The Bertz CT molecular complexity index is 1310. The molecule has 3 aromatic rings. The van der Waals surface area contributed by atoms with Gasteiger partial charge in [0.25, 0.3) is 5.91 Å². The molecule has 192 valence electrons. The van der Waals surface area contributed by atoms with Crippen LogP contribution in [0.4, 0.5) is 5.82 Å². The summed E-state index contributed by atoms with van der Waals surface area (Å²) in [6.45, 7) is 2.09. The van der Waals surface area contributed by atoms with Crippen LogP contribution in [-0.4, -0.2) is 29.0 Å². The molecule has 6 heteroatoms. The summed E-state index contributed by atoms with van der Waals surface area (Å²) in [7, 11) is 1.32. The SMILES string of the molecule is COC(=O)c1cccc(C(=O)Nc2cnc(-c3cc(CCC45CC6CC(CC(C6)C4)C5)ccc3C)[nH]2)c1. The molecule has 0 saturated heterocycles. The summed E-state index contributed by atoms with van der Waals surface area (Å²) in [4.78, 5) is 32.4. The number of carbonyl (C=O) groups is 2. The van der Waals surface area contributed by atoms with E-state index in [1.54, 1.807) is 24.4 Å². The number of aromatic nitrogens is 2. The lowest BCUT2D eigenvalue weighted by Crippen LogP contribution is -2.46. The number of methoxy groups -OCH3 is 1. The Morgan fingerprint density at radius 3 is 2.43 bits per heavy atom. The van der Waals surface area contributed by atoms with E-state index < -0.39 is 5.97 Å². The average Bonchev–Trinajstić information content (AvgIpc) is 3.35. The van der Waals surface area contributed by atoms with Crippen LogP contribution in [0, 0.1) is 30.1 Å². The number of H-pyrrole nitrogens is 1. The van der Waals surface area contributed by atoms with Gasteiger partial charge in [-0.2, -0.15) is 0 Å². The van der Waals surface area contributed by atoms with Crippen LogP contribution in [0.1, 0.15) is 76.8 Å². The van der Waals surface area contributed by atoms with Gasteiger partial charge in [0, 0.05) is 11.1 Å². The smallest absolute Gasteiger partial charge is 0.337 e. The van der Waals surface area contributed by atoms with E-state index >= 15 is 0 Å². The predicted molar refractivity (Wildman–Crippen MR) is 143 cm³/mol. The van der Waals surface area contributed by atoms with Crippen molar-refractivity contribution in [2.24, 2.45) is 23.2 Å². The summed E-state index contributed by atoms with van der Waals surface area (Å²) in [6, 6.07) is 13.2. The van der Waals surface area contributed by atoms with E-state index in [4.69, 9.17) is 4.74 Å². The number of anilines is 1. The van der Waals surface area contributed by atoms with Gasteiger partial charge >= 0.3 is 5.97 Å². The van der Waals surface area contributed by atoms with Crippen molar-refractivity contribution in [2.75, 3.05) is 12.4 Å². The van der Waals surface area contributed by atoms with Crippen LogP contribution >= 0.6 is 0 Å². The van der Waals surface area contributed by atoms with Crippen LogP contribution in [0.2, 0.25) is 0 Å². The number of hydrogen-bond donors (Lipinski definition) is 2. The Hall–Kier alpha value is -3.41. The summed E-state index contributed by atoms with van der Waals surface area (Å²) >= 11 is 0. The molecule has 2 aromatic carbocycles. The highest BCUT2D eigenvalue weighted by atomic mass is 16.5. The van der Waals surface area contributed by atoms with E-state index in [9.17, 15) is 9.59 Å². The quantitative estimate of drug-likeness (QED) is 0.362. The molecule has 7 rings (SSSR count).